The molecule has 0 bridgehead atoms. The van der Waals surface area contributed by atoms with Crippen LogP contribution < -0.4 is 0 Å². The SMILES string of the molecule is Brc1cnc2oc3cc4ccccc4cc3c2n1.Brc1cnc2oc3ccc4ccccc4c3c2n1.Clc1cccc(-c2cnc3oc4cc5ccccc5cc4c3n2)c1.Clc1cccc(-c2cnc3oc4ccc5ccccc5c4c3n2)c1.Clc1cnc2oc3cc4ccccc4cc3c2n1.Clc1cnc2oc3ccc4ccccc4c3c2n1. The zero-order valence-electron chi connectivity index (χ0n) is 62.0. The molecule has 572 valence electrons. The number of aromatic nitrogens is 12. The van der Waals surface area contributed by atoms with Crippen molar-refractivity contribution in [2.24, 2.45) is 0 Å². The molecule has 0 aliphatic rings. The molecule has 120 heavy (non-hydrogen) atoms. The van der Waals surface area contributed by atoms with Crippen LogP contribution >= 0.6 is 78.3 Å². The Bertz CT molecular complexity index is 8290. The van der Waals surface area contributed by atoms with E-state index < -0.39 is 0 Å². The third kappa shape index (κ3) is 14.0. The maximum atomic E-state index is 6.10. The Hall–Kier alpha value is -14.0. The number of hydrogen-bond donors (Lipinski definition) is 0. The summed E-state index contributed by atoms with van der Waals surface area (Å²) < 4.78 is 36.0. The van der Waals surface area contributed by atoms with Gasteiger partial charge in [-0.1, -0.05) is 234 Å². The summed E-state index contributed by atoms with van der Waals surface area (Å²) >= 11 is 30.7. The molecule has 0 spiro atoms. The predicted molar refractivity (Wildman–Crippen MR) is 487 cm³/mol. The van der Waals surface area contributed by atoms with E-state index in [2.05, 4.69) is 185 Å². The van der Waals surface area contributed by atoms with Crippen LogP contribution in [0.2, 0.25) is 20.4 Å². The average molecular weight is 1770 g/mol. The van der Waals surface area contributed by atoms with Gasteiger partial charge in [0.25, 0.3) is 0 Å². The zero-order valence-corrected chi connectivity index (χ0v) is 68.1. The van der Waals surface area contributed by atoms with Crippen LogP contribution in [0.4, 0.5) is 0 Å². The van der Waals surface area contributed by atoms with E-state index in [9.17, 15) is 0 Å². The standard InChI is InChI=1S/2C20H11ClN2O.2C14H7BrN2O.2C14H7ClN2O/c21-14-6-3-5-13(10-14)16-11-22-20-19(23-16)18-15-7-2-1-4-12(15)8-9-17(18)24-20;21-15-7-3-6-14(8-15)17-11-22-20-19(23-17)16-9-12-4-1-2-5-13(12)10-18(16)24-20;15-12-7-16-14-13(17-12)10-5-8-3-1-2-4-9(8)6-11(10)18-14;15-11-7-16-14-13(17-11)12-9-4-2-1-3-8(9)5-6-10(12)18-14;15-12-7-16-14-13(17-12)10-5-8-3-1-2-4-9(8)6-11(10)18-14;15-11-7-16-14-13(17-11)12-9-4-2-1-3-8(9)5-6-10(12)18-14/h2*1-11H;4*1-7H. The summed E-state index contributed by atoms with van der Waals surface area (Å²) in [5, 5.41) is 21.8. The second-order valence-electron chi connectivity index (χ2n) is 27.9. The lowest BCUT2D eigenvalue weighted by Gasteiger charge is -2.01. The third-order valence-electron chi connectivity index (χ3n) is 20.5. The van der Waals surface area contributed by atoms with E-state index in [0.29, 0.717) is 74.9 Å². The summed E-state index contributed by atoms with van der Waals surface area (Å²) in [6.07, 6.45) is 9.71. The second-order valence-corrected chi connectivity index (χ2v) is 31.2. The van der Waals surface area contributed by atoms with Crippen molar-refractivity contribution in [3.63, 3.8) is 0 Å². The van der Waals surface area contributed by atoms with Gasteiger partial charge in [0.2, 0.25) is 34.3 Å². The Morgan fingerprint density at radius 2 is 0.500 bits per heavy atom. The molecule has 0 saturated heterocycles. The molecular formula is C96H50Br2Cl4N12O6. The molecule has 26 rings (SSSR count). The van der Waals surface area contributed by atoms with Gasteiger partial charge in [0.1, 0.15) is 86.1 Å². The van der Waals surface area contributed by atoms with Crippen molar-refractivity contribution in [3.8, 4) is 22.5 Å². The van der Waals surface area contributed by atoms with Gasteiger partial charge >= 0.3 is 0 Å². The number of fused-ring (bicyclic) bond motifs is 27. The van der Waals surface area contributed by atoms with E-state index in [0.717, 1.165) is 164 Å². The molecule has 14 aromatic carbocycles. The molecule has 24 heteroatoms. The third-order valence-corrected chi connectivity index (χ3v) is 22.1. The minimum absolute atomic E-state index is 0.373. The maximum absolute atomic E-state index is 6.10. The molecule has 12 heterocycles. The van der Waals surface area contributed by atoms with Crippen molar-refractivity contribution < 1.29 is 26.5 Å². The van der Waals surface area contributed by atoms with Crippen molar-refractivity contribution in [1.29, 1.82) is 0 Å². The average Bonchev–Trinajstić information content (AvgIpc) is 1.63. The maximum Gasteiger partial charge on any atom is 0.246 e. The summed E-state index contributed by atoms with van der Waals surface area (Å²) in [4.78, 5) is 52.8. The Balaban J connectivity index is 0.0000000895. The molecule has 0 atom stereocenters. The summed E-state index contributed by atoms with van der Waals surface area (Å²) in [7, 11) is 0. The number of rotatable bonds is 2. The highest BCUT2D eigenvalue weighted by Crippen LogP contribution is 2.40. The van der Waals surface area contributed by atoms with Gasteiger partial charge in [-0.2, -0.15) is 0 Å². The van der Waals surface area contributed by atoms with E-state index >= 15 is 0 Å². The van der Waals surface area contributed by atoms with Crippen LogP contribution in [0.25, 0.3) is 220 Å². The highest BCUT2D eigenvalue weighted by atomic mass is 79.9. The quantitative estimate of drug-likeness (QED) is 0.156. The van der Waals surface area contributed by atoms with Gasteiger partial charge in [0.05, 0.1) is 64.7 Å². The Morgan fingerprint density at radius 3 is 0.892 bits per heavy atom. The first kappa shape index (κ1) is 73.6. The second kappa shape index (κ2) is 30.8. The first-order valence-electron chi connectivity index (χ1n) is 37.4. The molecule has 26 aromatic rings. The van der Waals surface area contributed by atoms with Crippen LogP contribution in [-0.2, 0) is 0 Å². The first-order valence-corrected chi connectivity index (χ1v) is 40.5. The lowest BCUT2D eigenvalue weighted by molar-refractivity contribution is 0.652. The van der Waals surface area contributed by atoms with Gasteiger partial charge in [0.15, 0.2) is 0 Å². The van der Waals surface area contributed by atoms with Gasteiger partial charge in [-0.15, -0.1) is 0 Å². The van der Waals surface area contributed by atoms with Crippen LogP contribution in [-0.4, -0.2) is 59.8 Å². The molecule has 0 unspecified atom stereocenters. The minimum atomic E-state index is 0.373. The number of furan rings is 6. The molecule has 0 aliphatic carbocycles. The van der Waals surface area contributed by atoms with Crippen molar-refractivity contribution in [1.82, 2.24) is 59.8 Å². The number of nitrogens with zero attached hydrogens (tertiary/aromatic N) is 12. The molecule has 0 N–H and O–H groups in total. The van der Waals surface area contributed by atoms with Crippen LogP contribution in [0.15, 0.2) is 340 Å². The fourth-order valence-electron chi connectivity index (χ4n) is 15.1. The lowest BCUT2D eigenvalue weighted by Crippen LogP contribution is -1.86. The van der Waals surface area contributed by atoms with Crippen molar-refractivity contribution in [3.05, 3.63) is 334 Å². The number of halogens is 6. The van der Waals surface area contributed by atoms with Gasteiger partial charge in [0, 0.05) is 37.3 Å². The summed E-state index contributed by atoms with van der Waals surface area (Å²) in [6.45, 7) is 0. The highest BCUT2D eigenvalue weighted by Gasteiger charge is 2.20. The van der Waals surface area contributed by atoms with Crippen LogP contribution in [0, 0.1) is 0 Å². The molecule has 0 amide bonds. The van der Waals surface area contributed by atoms with Crippen LogP contribution in [0.1, 0.15) is 0 Å². The van der Waals surface area contributed by atoms with Crippen LogP contribution in [0.3, 0.4) is 0 Å². The Morgan fingerprint density at radius 1 is 0.217 bits per heavy atom. The molecule has 0 radical (unpaired) electrons. The molecule has 18 nitrogen and oxygen atoms in total. The Kier molecular flexibility index (Phi) is 18.9. The van der Waals surface area contributed by atoms with Gasteiger partial charge in [-0.25, -0.2) is 59.8 Å². The molecular weight excluding hydrogens is 1720 g/mol. The van der Waals surface area contributed by atoms with Crippen molar-refractivity contribution in [2.45, 2.75) is 0 Å². The van der Waals surface area contributed by atoms with Gasteiger partial charge in [-0.05, 0) is 175 Å². The lowest BCUT2D eigenvalue weighted by atomic mass is 10.1. The summed E-state index contributed by atoms with van der Waals surface area (Å²) in [6, 6.07) is 88.6. The number of hydrogen-bond acceptors (Lipinski definition) is 18. The van der Waals surface area contributed by atoms with Crippen LogP contribution in [0.5, 0.6) is 0 Å². The fraction of sp³-hybridized carbons (Fsp3) is 0. The number of benzene rings is 14. The summed E-state index contributed by atoms with van der Waals surface area (Å²) in [5.74, 6) is 0. The van der Waals surface area contributed by atoms with Crippen molar-refractivity contribution >= 4 is 276 Å². The molecule has 0 aliphatic heterocycles. The van der Waals surface area contributed by atoms with E-state index in [1.165, 1.54) is 23.2 Å². The topological polar surface area (TPSA) is 234 Å². The largest absolute Gasteiger partial charge is 0.436 e. The monoisotopic (exact) mass is 1760 g/mol. The van der Waals surface area contributed by atoms with Crippen molar-refractivity contribution in [2.75, 3.05) is 0 Å². The van der Waals surface area contributed by atoms with Gasteiger partial charge < -0.3 is 26.5 Å². The van der Waals surface area contributed by atoms with E-state index in [4.69, 9.17) is 82.9 Å². The Labute approximate surface area is 712 Å². The molecule has 12 aromatic heterocycles. The molecule has 0 fully saturated rings. The zero-order chi connectivity index (χ0) is 80.6. The highest BCUT2D eigenvalue weighted by molar-refractivity contribution is 9.10. The molecule has 0 saturated carbocycles. The fourth-order valence-corrected chi connectivity index (χ4v) is 16.3. The minimum Gasteiger partial charge on any atom is -0.436 e. The van der Waals surface area contributed by atoms with Gasteiger partial charge in [-0.3, -0.25) is 0 Å². The predicted octanol–water partition coefficient (Wildman–Crippen LogP) is 28.6. The van der Waals surface area contributed by atoms with E-state index in [1.54, 1.807) is 24.8 Å². The first-order chi connectivity index (χ1) is 58.8. The van der Waals surface area contributed by atoms with E-state index in [-0.39, 0.29) is 0 Å². The summed E-state index contributed by atoms with van der Waals surface area (Å²) in [5.41, 5.74) is 16.1. The normalized spacial score (nSPS) is 11.6. The van der Waals surface area contributed by atoms with E-state index in [1.807, 2.05) is 164 Å². The smallest absolute Gasteiger partial charge is 0.246 e.